The Bertz CT molecular complexity index is 906. The highest BCUT2D eigenvalue weighted by molar-refractivity contribution is 7.07. The van der Waals surface area contributed by atoms with Crippen LogP contribution in [0.4, 0.5) is 5.69 Å². The Hall–Kier alpha value is -2.79. The first-order valence-electron chi connectivity index (χ1n) is 7.87. The van der Waals surface area contributed by atoms with Crippen LogP contribution in [0.3, 0.4) is 0 Å². The lowest BCUT2D eigenvalue weighted by atomic mass is 10.1. The predicted octanol–water partition coefficient (Wildman–Crippen LogP) is 4.65. The van der Waals surface area contributed by atoms with E-state index in [-0.39, 0.29) is 0 Å². The van der Waals surface area contributed by atoms with Crippen LogP contribution in [0, 0.1) is 0 Å². The fourth-order valence-corrected chi connectivity index (χ4v) is 3.42. The Balaban J connectivity index is 2.03. The van der Waals surface area contributed by atoms with E-state index in [0.717, 1.165) is 33.2 Å². The van der Waals surface area contributed by atoms with Gasteiger partial charge in [-0.25, -0.2) is 4.99 Å². The molecule has 0 atom stereocenters. The summed E-state index contributed by atoms with van der Waals surface area (Å²) in [6.45, 7) is 4.57. The third-order valence-corrected chi connectivity index (χ3v) is 4.66. The highest BCUT2D eigenvalue weighted by Gasteiger charge is 2.07. The fraction of sp³-hybridized carbons (Fsp3) is 0.150. The maximum Gasteiger partial charge on any atom is 0.190 e. The summed E-state index contributed by atoms with van der Waals surface area (Å²) in [5.41, 5.74) is 3.12. The molecule has 0 radical (unpaired) electrons. The number of rotatable bonds is 6. The summed E-state index contributed by atoms with van der Waals surface area (Å²) in [5, 5.41) is 2.12. The fourth-order valence-electron chi connectivity index (χ4n) is 2.48. The van der Waals surface area contributed by atoms with Gasteiger partial charge in [0.2, 0.25) is 0 Å². The van der Waals surface area contributed by atoms with Crippen LogP contribution >= 0.6 is 11.3 Å². The van der Waals surface area contributed by atoms with E-state index in [1.54, 1.807) is 25.6 Å². The number of methoxy groups -OCH3 is 2. The minimum Gasteiger partial charge on any atom is -0.497 e. The number of hydrogen-bond acceptors (Lipinski definition) is 4. The summed E-state index contributed by atoms with van der Waals surface area (Å²) in [6, 6.07) is 15.8. The number of ether oxygens (including phenoxy) is 2. The van der Waals surface area contributed by atoms with Crippen molar-refractivity contribution in [3.05, 3.63) is 71.4 Å². The van der Waals surface area contributed by atoms with E-state index in [1.807, 2.05) is 42.5 Å². The molecule has 3 aromatic rings. The standard InChI is InChI=1S/C20H20N2O2S/c1-4-13-22-19(15-5-9-17(23-2)10-6-15)14-25-20(22)21-16-7-11-18(24-3)12-8-16/h4-12,14H,1,13H2,2-3H3. The van der Waals surface area contributed by atoms with Crippen molar-refractivity contribution in [1.82, 2.24) is 4.57 Å². The summed E-state index contributed by atoms with van der Waals surface area (Å²) in [7, 11) is 3.33. The molecule has 128 valence electrons. The predicted molar refractivity (Wildman–Crippen MR) is 103 cm³/mol. The average Bonchev–Trinajstić information content (AvgIpc) is 3.05. The zero-order valence-electron chi connectivity index (χ0n) is 14.3. The molecule has 4 nitrogen and oxygen atoms in total. The van der Waals surface area contributed by atoms with E-state index in [2.05, 4.69) is 28.7 Å². The number of allylic oxidation sites excluding steroid dienone is 1. The van der Waals surface area contributed by atoms with E-state index in [4.69, 9.17) is 14.5 Å². The van der Waals surface area contributed by atoms with Gasteiger partial charge in [0.15, 0.2) is 4.80 Å². The molecule has 25 heavy (non-hydrogen) atoms. The average molecular weight is 352 g/mol. The van der Waals surface area contributed by atoms with Gasteiger partial charge in [0.05, 0.1) is 25.6 Å². The molecule has 0 N–H and O–H groups in total. The molecule has 0 aliphatic carbocycles. The van der Waals surface area contributed by atoms with Crippen LogP contribution in [0.2, 0.25) is 0 Å². The van der Waals surface area contributed by atoms with Gasteiger partial charge in [-0.2, -0.15) is 0 Å². The number of hydrogen-bond donors (Lipinski definition) is 0. The molecule has 1 aromatic heterocycles. The van der Waals surface area contributed by atoms with Crippen molar-refractivity contribution in [2.75, 3.05) is 14.2 Å². The number of nitrogens with zero attached hydrogens (tertiary/aromatic N) is 2. The van der Waals surface area contributed by atoms with Gasteiger partial charge < -0.3 is 14.0 Å². The molecule has 0 unspecified atom stereocenters. The normalized spacial score (nSPS) is 11.4. The molecular formula is C20H20N2O2S. The van der Waals surface area contributed by atoms with Crippen molar-refractivity contribution >= 4 is 17.0 Å². The first kappa shape index (κ1) is 17.0. The Kier molecular flexibility index (Phi) is 5.36. The lowest BCUT2D eigenvalue weighted by molar-refractivity contribution is 0.414. The molecular weight excluding hydrogens is 332 g/mol. The second-order valence-corrected chi connectivity index (χ2v) is 6.18. The number of aromatic nitrogens is 1. The van der Waals surface area contributed by atoms with Crippen LogP contribution in [0.5, 0.6) is 11.5 Å². The van der Waals surface area contributed by atoms with Gasteiger partial charge in [-0.1, -0.05) is 6.08 Å². The number of benzene rings is 2. The molecule has 0 saturated carbocycles. The summed E-state index contributed by atoms with van der Waals surface area (Å²) >= 11 is 1.61. The molecule has 2 aromatic carbocycles. The van der Waals surface area contributed by atoms with Crippen LogP contribution in [0.15, 0.2) is 71.6 Å². The van der Waals surface area contributed by atoms with Gasteiger partial charge in [-0.15, -0.1) is 17.9 Å². The van der Waals surface area contributed by atoms with Crippen molar-refractivity contribution in [2.24, 2.45) is 4.99 Å². The van der Waals surface area contributed by atoms with E-state index in [1.165, 1.54) is 0 Å². The minimum absolute atomic E-state index is 0.694. The van der Waals surface area contributed by atoms with Crippen molar-refractivity contribution in [2.45, 2.75) is 6.54 Å². The third-order valence-electron chi connectivity index (χ3n) is 3.79. The minimum atomic E-state index is 0.694. The first-order chi connectivity index (χ1) is 12.2. The first-order valence-corrected chi connectivity index (χ1v) is 8.75. The van der Waals surface area contributed by atoms with Crippen molar-refractivity contribution < 1.29 is 9.47 Å². The topological polar surface area (TPSA) is 35.8 Å². The van der Waals surface area contributed by atoms with Gasteiger partial charge in [0, 0.05) is 11.9 Å². The molecule has 0 saturated heterocycles. The van der Waals surface area contributed by atoms with E-state index < -0.39 is 0 Å². The van der Waals surface area contributed by atoms with Crippen LogP contribution in [0.1, 0.15) is 0 Å². The lowest BCUT2D eigenvalue weighted by Crippen LogP contribution is -2.14. The molecule has 0 aliphatic rings. The van der Waals surface area contributed by atoms with Crippen molar-refractivity contribution in [1.29, 1.82) is 0 Å². The Morgan fingerprint density at radius 1 is 1.00 bits per heavy atom. The Morgan fingerprint density at radius 3 is 2.16 bits per heavy atom. The van der Waals surface area contributed by atoms with Crippen LogP contribution in [-0.2, 0) is 6.54 Å². The lowest BCUT2D eigenvalue weighted by Gasteiger charge is -2.07. The smallest absolute Gasteiger partial charge is 0.190 e. The summed E-state index contributed by atoms with van der Waals surface area (Å²) in [4.78, 5) is 5.70. The highest BCUT2D eigenvalue weighted by atomic mass is 32.1. The Morgan fingerprint density at radius 2 is 1.60 bits per heavy atom. The summed E-state index contributed by atoms with van der Waals surface area (Å²) in [5.74, 6) is 1.67. The second-order valence-electron chi connectivity index (χ2n) is 5.34. The largest absolute Gasteiger partial charge is 0.497 e. The molecule has 1 heterocycles. The van der Waals surface area contributed by atoms with E-state index in [0.29, 0.717) is 6.54 Å². The van der Waals surface area contributed by atoms with Crippen molar-refractivity contribution in [3.63, 3.8) is 0 Å². The van der Waals surface area contributed by atoms with Crippen LogP contribution in [-0.4, -0.2) is 18.8 Å². The molecule has 3 rings (SSSR count). The zero-order chi connectivity index (χ0) is 17.6. The van der Waals surface area contributed by atoms with Gasteiger partial charge in [-0.05, 0) is 54.1 Å². The van der Waals surface area contributed by atoms with Crippen molar-refractivity contribution in [3.8, 4) is 22.8 Å². The molecule has 0 fully saturated rings. The van der Waals surface area contributed by atoms with Gasteiger partial charge >= 0.3 is 0 Å². The van der Waals surface area contributed by atoms with Crippen LogP contribution < -0.4 is 14.3 Å². The third kappa shape index (κ3) is 3.83. The monoisotopic (exact) mass is 352 g/mol. The Labute approximate surface area is 151 Å². The second kappa shape index (κ2) is 7.85. The molecule has 0 aliphatic heterocycles. The maximum atomic E-state index is 5.24. The molecule has 0 spiro atoms. The summed E-state index contributed by atoms with van der Waals surface area (Å²) < 4.78 is 12.6. The van der Waals surface area contributed by atoms with E-state index in [9.17, 15) is 0 Å². The SMILES string of the molecule is C=CCn1c(-c2ccc(OC)cc2)csc1=Nc1ccc(OC)cc1. The van der Waals surface area contributed by atoms with Gasteiger partial charge in [0.25, 0.3) is 0 Å². The highest BCUT2D eigenvalue weighted by Crippen LogP contribution is 2.24. The molecule has 0 bridgehead atoms. The number of thiazole rings is 1. The molecule has 0 amide bonds. The molecule has 5 heteroatoms. The van der Waals surface area contributed by atoms with Crippen LogP contribution in [0.25, 0.3) is 11.3 Å². The summed E-state index contributed by atoms with van der Waals surface area (Å²) in [6.07, 6.45) is 1.88. The zero-order valence-corrected chi connectivity index (χ0v) is 15.1. The van der Waals surface area contributed by atoms with Gasteiger partial charge in [-0.3, -0.25) is 0 Å². The van der Waals surface area contributed by atoms with Gasteiger partial charge in [0.1, 0.15) is 11.5 Å². The maximum absolute atomic E-state index is 5.24. The quantitative estimate of drug-likeness (QED) is 0.605. The van der Waals surface area contributed by atoms with E-state index >= 15 is 0 Å².